The molecule has 0 amide bonds. The number of hydrogen-bond acceptors (Lipinski definition) is 14. The number of allylic oxidation sites excluding steroid dienone is 6. The van der Waals surface area contributed by atoms with Gasteiger partial charge in [-0.15, -0.1) is 0 Å². The fourth-order valence-electron chi connectivity index (χ4n) is 4.88. The molecular formula is C32H23N7O9S2. The van der Waals surface area contributed by atoms with Gasteiger partial charge in [-0.05, 0) is 108 Å². The molecule has 0 aromatic heterocycles. The second kappa shape index (κ2) is 12.9. The van der Waals surface area contributed by atoms with Crippen molar-refractivity contribution in [3.05, 3.63) is 117 Å². The standard InChI is InChI=1S/C32H23N7O9S2/c33-19-1-11-25-17(13-19)15-27(49(43,44)45)29(31(25)41)38-35-20-2-4-21(5-3-20)36-39-30-28(50(46,47)48)16-18-14-23(8-12-26(18)32(30)42)37-34-22-6-9-24(40)10-7-22/h1-16,35-37H,33H2,(H,43,44,45)(H,46,47,48)/b38-29+,39-30+. The van der Waals surface area contributed by atoms with E-state index < -0.39 is 53.0 Å². The fourth-order valence-corrected chi connectivity index (χ4v) is 6.20. The van der Waals surface area contributed by atoms with Crippen LogP contribution in [0.2, 0.25) is 0 Å². The van der Waals surface area contributed by atoms with E-state index in [4.69, 9.17) is 5.73 Å². The van der Waals surface area contributed by atoms with Crippen LogP contribution in [-0.2, 0) is 25.0 Å². The van der Waals surface area contributed by atoms with Crippen LogP contribution in [0.3, 0.4) is 0 Å². The Kier molecular flexibility index (Phi) is 8.68. The number of hydrogen-bond donors (Lipinski definition) is 6. The molecule has 0 fully saturated rings. The monoisotopic (exact) mass is 713 g/mol. The number of rotatable bonds is 8. The lowest BCUT2D eigenvalue weighted by Gasteiger charge is -2.17. The van der Waals surface area contributed by atoms with E-state index in [1.165, 1.54) is 85.0 Å². The molecule has 50 heavy (non-hydrogen) atoms. The minimum atomic E-state index is -4.92. The van der Waals surface area contributed by atoms with Gasteiger partial charge in [-0.1, -0.05) is 0 Å². The summed E-state index contributed by atoms with van der Waals surface area (Å²) < 4.78 is 68.3. The van der Waals surface area contributed by atoms with Gasteiger partial charge in [-0.3, -0.25) is 39.8 Å². The van der Waals surface area contributed by atoms with E-state index >= 15 is 0 Å². The molecule has 0 unspecified atom stereocenters. The van der Waals surface area contributed by atoms with E-state index in [9.17, 15) is 40.3 Å². The number of ketones is 3. The summed E-state index contributed by atoms with van der Waals surface area (Å²) in [6.07, 6.45) is 7.84. The van der Waals surface area contributed by atoms with Gasteiger partial charge in [0.05, 0.1) is 22.8 Å². The van der Waals surface area contributed by atoms with Crippen molar-refractivity contribution < 1.29 is 40.3 Å². The van der Waals surface area contributed by atoms with E-state index in [1.807, 2.05) is 0 Å². The Hall–Kier alpha value is -6.34. The third kappa shape index (κ3) is 7.08. The normalized spacial score (nSPS) is 17.2. The van der Waals surface area contributed by atoms with Crippen LogP contribution in [0.5, 0.6) is 0 Å². The highest BCUT2D eigenvalue weighted by Crippen LogP contribution is 2.29. The number of nitrogens with two attached hydrogens (primary N) is 1. The zero-order chi connectivity index (χ0) is 35.8. The van der Waals surface area contributed by atoms with Crippen molar-refractivity contribution in [2.45, 2.75) is 0 Å². The summed E-state index contributed by atoms with van der Waals surface area (Å²) >= 11 is 0. The quantitative estimate of drug-likeness (QED) is 0.0846. The van der Waals surface area contributed by atoms with Crippen LogP contribution in [0.1, 0.15) is 31.8 Å². The van der Waals surface area contributed by atoms with E-state index in [0.29, 0.717) is 11.4 Å². The van der Waals surface area contributed by atoms with Crippen LogP contribution in [-0.4, -0.2) is 60.4 Å². The molecular weight excluding hydrogens is 691 g/mol. The van der Waals surface area contributed by atoms with Gasteiger partial charge < -0.3 is 5.73 Å². The first-order valence-corrected chi connectivity index (χ1v) is 17.1. The first-order valence-electron chi connectivity index (χ1n) is 14.2. The number of benzene rings is 3. The van der Waals surface area contributed by atoms with E-state index in [0.717, 1.165) is 12.2 Å². The number of hydrazone groups is 3. The van der Waals surface area contributed by atoms with Crippen molar-refractivity contribution in [3.63, 3.8) is 0 Å². The third-order valence-electron chi connectivity index (χ3n) is 7.27. The lowest BCUT2D eigenvalue weighted by atomic mass is 9.94. The second-order valence-corrected chi connectivity index (χ2v) is 13.5. The van der Waals surface area contributed by atoms with Crippen LogP contribution in [0.4, 0.5) is 22.7 Å². The summed E-state index contributed by atoms with van der Waals surface area (Å²) in [6.45, 7) is 0. The summed E-state index contributed by atoms with van der Waals surface area (Å²) in [4.78, 5) is 36.2. The Labute approximate surface area is 283 Å². The summed E-state index contributed by atoms with van der Waals surface area (Å²) in [6, 6.07) is 14.4. The number of nitrogens with zero attached hydrogens (tertiary/aromatic N) is 3. The predicted octanol–water partition coefficient (Wildman–Crippen LogP) is 3.52. The molecule has 6 rings (SSSR count). The number of anilines is 4. The van der Waals surface area contributed by atoms with Crippen molar-refractivity contribution in [2.24, 2.45) is 15.3 Å². The van der Waals surface area contributed by atoms with Gasteiger partial charge in [0.15, 0.2) is 17.2 Å². The maximum Gasteiger partial charge on any atom is 0.296 e. The number of nitrogens with one attached hydrogen (secondary N) is 3. The number of carbonyl (C=O) groups is 3. The summed E-state index contributed by atoms with van der Waals surface area (Å²) in [5.41, 5.74) is 14.7. The molecule has 3 aromatic rings. The van der Waals surface area contributed by atoms with Gasteiger partial charge in [0.2, 0.25) is 11.6 Å². The van der Waals surface area contributed by atoms with Gasteiger partial charge in [-0.25, -0.2) is 0 Å². The average molecular weight is 714 g/mol. The summed E-state index contributed by atoms with van der Waals surface area (Å²) in [5.74, 6) is -1.75. The zero-order valence-electron chi connectivity index (χ0n) is 25.2. The molecule has 18 heteroatoms. The second-order valence-electron chi connectivity index (χ2n) is 10.7. The van der Waals surface area contributed by atoms with Gasteiger partial charge in [0.25, 0.3) is 20.2 Å². The minimum Gasteiger partial charge on any atom is -0.399 e. The average Bonchev–Trinajstić information content (AvgIpc) is 3.06. The molecule has 0 aliphatic heterocycles. The highest BCUT2D eigenvalue weighted by molar-refractivity contribution is 7.91. The first kappa shape index (κ1) is 33.6. The molecule has 0 bridgehead atoms. The predicted molar refractivity (Wildman–Crippen MR) is 188 cm³/mol. The lowest BCUT2D eigenvalue weighted by molar-refractivity contribution is -0.110. The lowest BCUT2D eigenvalue weighted by Crippen LogP contribution is -2.27. The van der Waals surface area contributed by atoms with Crippen LogP contribution in [0.15, 0.2) is 110 Å². The van der Waals surface area contributed by atoms with E-state index in [1.54, 1.807) is 0 Å². The van der Waals surface area contributed by atoms with Crippen LogP contribution in [0.25, 0.3) is 12.2 Å². The number of carbonyl (C=O) groups excluding carboxylic acids is 3. The SMILES string of the molecule is Nc1ccc2c(c1)C=C(S(=O)(=O)O)/C(=N\Nc1ccc(N/N=C3/C(=O)c4ccc(NN=C5C=CC(=O)C=C5)cc4C=C3S(=O)(=O)O)cc1)C2=O. The molecule has 3 aliphatic carbocycles. The number of nitrogen functional groups attached to an aromatic ring is 1. The Morgan fingerprint density at radius 1 is 0.560 bits per heavy atom. The number of fused-ring (bicyclic) bond motifs is 2. The Morgan fingerprint density at radius 3 is 1.50 bits per heavy atom. The molecule has 0 atom stereocenters. The molecule has 0 saturated carbocycles. The topological polar surface area (TPSA) is 259 Å². The largest absolute Gasteiger partial charge is 0.399 e. The maximum absolute atomic E-state index is 13.3. The molecule has 0 saturated heterocycles. The molecule has 3 aromatic carbocycles. The van der Waals surface area contributed by atoms with Crippen molar-refractivity contribution >= 4 is 89.6 Å². The van der Waals surface area contributed by atoms with Crippen molar-refractivity contribution in [2.75, 3.05) is 22.0 Å². The molecule has 16 nitrogen and oxygen atoms in total. The first-order chi connectivity index (χ1) is 23.7. The van der Waals surface area contributed by atoms with Gasteiger partial charge in [0, 0.05) is 16.8 Å². The molecule has 252 valence electrons. The van der Waals surface area contributed by atoms with Crippen LogP contribution in [0, 0.1) is 0 Å². The zero-order valence-corrected chi connectivity index (χ0v) is 26.9. The highest BCUT2D eigenvalue weighted by Gasteiger charge is 2.34. The number of Topliss-reactive ketones (excluding diaryl/α,β-unsaturated/α-hetero) is 2. The van der Waals surface area contributed by atoms with Crippen LogP contribution < -0.4 is 22.0 Å². The highest BCUT2D eigenvalue weighted by atomic mass is 32.2. The summed E-state index contributed by atoms with van der Waals surface area (Å²) in [5, 5.41) is 12.0. The van der Waals surface area contributed by atoms with Crippen molar-refractivity contribution in [1.29, 1.82) is 0 Å². The minimum absolute atomic E-state index is 0.0968. The summed E-state index contributed by atoms with van der Waals surface area (Å²) in [7, 11) is -9.77. The smallest absolute Gasteiger partial charge is 0.296 e. The maximum atomic E-state index is 13.3. The molecule has 0 radical (unpaired) electrons. The molecule has 3 aliphatic rings. The Morgan fingerprint density at radius 2 is 1.00 bits per heavy atom. The van der Waals surface area contributed by atoms with Gasteiger partial charge in [0.1, 0.15) is 9.81 Å². The molecule has 0 spiro atoms. The van der Waals surface area contributed by atoms with Crippen LogP contribution >= 0.6 is 0 Å². The Balaban J connectivity index is 1.21. The van der Waals surface area contributed by atoms with Crippen molar-refractivity contribution in [3.8, 4) is 0 Å². The van der Waals surface area contributed by atoms with E-state index in [2.05, 4.69) is 31.6 Å². The Bertz CT molecular complexity index is 2440. The van der Waals surface area contributed by atoms with Gasteiger partial charge >= 0.3 is 0 Å². The molecule has 7 N–H and O–H groups in total. The fraction of sp³-hybridized carbons (Fsp3) is 0. The van der Waals surface area contributed by atoms with Gasteiger partial charge in [-0.2, -0.15) is 32.1 Å². The van der Waals surface area contributed by atoms with Crippen molar-refractivity contribution in [1.82, 2.24) is 0 Å². The third-order valence-corrected chi connectivity index (χ3v) is 9.01. The molecule has 0 heterocycles. The van der Waals surface area contributed by atoms with E-state index in [-0.39, 0.29) is 45.1 Å².